The van der Waals surface area contributed by atoms with Crippen molar-refractivity contribution >= 4 is 8.32 Å². The molecule has 0 radical (unpaired) electrons. The predicted molar refractivity (Wildman–Crippen MR) is 79.2 cm³/mol. The van der Waals surface area contributed by atoms with Gasteiger partial charge in [-0.3, -0.25) is 0 Å². The Hall–Kier alpha value is 0.177. The van der Waals surface area contributed by atoms with Gasteiger partial charge in [-0.25, -0.2) is 0 Å². The van der Waals surface area contributed by atoms with E-state index in [9.17, 15) is 0 Å². The summed E-state index contributed by atoms with van der Waals surface area (Å²) in [4.78, 5) is 0. The van der Waals surface area contributed by atoms with Gasteiger partial charge in [0.2, 0.25) is 0 Å². The SMILES string of the molecule is CO[Si](CC1CCC1)(CC1CCC1)CC1CCC1. The molecule has 0 aromatic rings. The van der Waals surface area contributed by atoms with Gasteiger partial charge in [-0.15, -0.1) is 0 Å². The van der Waals surface area contributed by atoms with Gasteiger partial charge in [0.25, 0.3) is 0 Å². The van der Waals surface area contributed by atoms with Crippen molar-refractivity contribution in [3.8, 4) is 0 Å². The lowest BCUT2D eigenvalue weighted by Crippen LogP contribution is -2.45. The van der Waals surface area contributed by atoms with Gasteiger partial charge >= 0.3 is 0 Å². The second kappa shape index (κ2) is 5.66. The van der Waals surface area contributed by atoms with Crippen molar-refractivity contribution < 1.29 is 4.43 Å². The van der Waals surface area contributed by atoms with E-state index < -0.39 is 8.32 Å². The molecule has 3 fully saturated rings. The van der Waals surface area contributed by atoms with E-state index in [0.29, 0.717) is 0 Å². The fourth-order valence-electron chi connectivity index (χ4n) is 4.17. The highest BCUT2D eigenvalue weighted by Crippen LogP contribution is 2.46. The molecular weight excluding hydrogens is 236 g/mol. The van der Waals surface area contributed by atoms with E-state index in [-0.39, 0.29) is 0 Å². The van der Waals surface area contributed by atoms with Crippen LogP contribution in [0.1, 0.15) is 57.8 Å². The first kappa shape index (κ1) is 13.2. The molecule has 18 heavy (non-hydrogen) atoms. The molecule has 0 saturated heterocycles. The zero-order valence-electron chi connectivity index (χ0n) is 12.1. The monoisotopic (exact) mass is 266 g/mol. The molecule has 0 aromatic carbocycles. The first-order chi connectivity index (χ1) is 8.80. The van der Waals surface area contributed by atoms with Crippen molar-refractivity contribution in [2.45, 2.75) is 75.9 Å². The third-order valence-corrected chi connectivity index (χ3v) is 10.9. The number of rotatable bonds is 7. The average molecular weight is 267 g/mol. The molecule has 0 bridgehead atoms. The Balaban J connectivity index is 1.61. The van der Waals surface area contributed by atoms with Crippen molar-refractivity contribution in [1.82, 2.24) is 0 Å². The zero-order valence-corrected chi connectivity index (χ0v) is 13.1. The van der Waals surface area contributed by atoms with E-state index in [2.05, 4.69) is 7.11 Å². The Labute approximate surface area is 114 Å². The van der Waals surface area contributed by atoms with Gasteiger partial charge in [-0.2, -0.15) is 0 Å². The first-order valence-corrected chi connectivity index (χ1v) is 10.9. The molecule has 0 unspecified atom stereocenters. The standard InChI is InChI=1S/C16H30OSi/c1-17-18(11-14-5-2-6-14,12-15-7-3-8-15)13-16-9-4-10-16/h14-16H,2-13H2,1H3. The minimum Gasteiger partial charge on any atom is -0.420 e. The van der Waals surface area contributed by atoms with Crippen LogP contribution >= 0.6 is 0 Å². The molecule has 0 atom stereocenters. The summed E-state index contributed by atoms with van der Waals surface area (Å²) in [6, 6.07) is 4.53. The lowest BCUT2D eigenvalue weighted by molar-refractivity contribution is 0.265. The molecule has 3 aliphatic carbocycles. The van der Waals surface area contributed by atoms with Gasteiger partial charge in [0.15, 0.2) is 8.32 Å². The zero-order chi connectivity index (χ0) is 12.4. The molecule has 104 valence electrons. The van der Waals surface area contributed by atoms with Crippen LogP contribution in [0.25, 0.3) is 0 Å². The summed E-state index contributed by atoms with van der Waals surface area (Å²) in [5.41, 5.74) is 0. The Morgan fingerprint density at radius 2 is 1.06 bits per heavy atom. The summed E-state index contributed by atoms with van der Waals surface area (Å²) in [6.45, 7) is 0. The van der Waals surface area contributed by atoms with Crippen molar-refractivity contribution in [2.75, 3.05) is 7.11 Å². The quantitative estimate of drug-likeness (QED) is 0.591. The number of hydrogen-bond donors (Lipinski definition) is 0. The van der Waals surface area contributed by atoms with Crippen molar-refractivity contribution in [3.05, 3.63) is 0 Å². The maximum Gasteiger partial charge on any atom is 0.193 e. The maximum absolute atomic E-state index is 6.30. The molecule has 1 nitrogen and oxygen atoms in total. The molecule has 3 rings (SSSR count). The average Bonchev–Trinajstić information content (AvgIpc) is 2.22. The fraction of sp³-hybridized carbons (Fsp3) is 1.00. The molecule has 0 aliphatic heterocycles. The Morgan fingerprint density at radius 1 is 0.722 bits per heavy atom. The summed E-state index contributed by atoms with van der Waals surface area (Å²) in [7, 11) is 0.690. The lowest BCUT2D eigenvalue weighted by atomic mass is 9.86. The van der Waals surface area contributed by atoms with Gasteiger partial charge < -0.3 is 4.43 Å². The van der Waals surface area contributed by atoms with Crippen LogP contribution < -0.4 is 0 Å². The van der Waals surface area contributed by atoms with E-state index in [1.165, 1.54) is 75.9 Å². The topological polar surface area (TPSA) is 9.23 Å². The van der Waals surface area contributed by atoms with Gasteiger partial charge in [-0.05, 0) is 35.9 Å². The summed E-state index contributed by atoms with van der Waals surface area (Å²) >= 11 is 0. The summed E-state index contributed by atoms with van der Waals surface area (Å²) in [6.07, 6.45) is 13.5. The summed E-state index contributed by atoms with van der Waals surface area (Å²) < 4.78 is 6.30. The fourth-order valence-corrected chi connectivity index (χ4v) is 9.55. The Kier molecular flexibility index (Phi) is 4.14. The van der Waals surface area contributed by atoms with E-state index in [1.807, 2.05) is 0 Å². The molecule has 0 aromatic heterocycles. The molecule has 0 N–H and O–H groups in total. The predicted octanol–water partition coefficient (Wildman–Crippen LogP) is 4.98. The van der Waals surface area contributed by atoms with Crippen molar-refractivity contribution in [1.29, 1.82) is 0 Å². The lowest BCUT2D eigenvalue weighted by Gasteiger charge is -2.43. The van der Waals surface area contributed by atoms with E-state index >= 15 is 0 Å². The number of hydrogen-bond acceptors (Lipinski definition) is 1. The second-order valence-electron chi connectivity index (χ2n) is 7.39. The third-order valence-electron chi connectivity index (χ3n) is 6.09. The normalized spacial score (nSPS) is 26.5. The molecule has 0 spiro atoms. The molecule has 2 heteroatoms. The van der Waals surface area contributed by atoms with Crippen LogP contribution in [-0.4, -0.2) is 15.4 Å². The highest BCUT2D eigenvalue weighted by Gasteiger charge is 2.43. The highest BCUT2D eigenvalue weighted by molar-refractivity contribution is 6.74. The van der Waals surface area contributed by atoms with E-state index in [1.54, 1.807) is 0 Å². The van der Waals surface area contributed by atoms with E-state index in [4.69, 9.17) is 4.43 Å². The van der Waals surface area contributed by atoms with Crippen LogP contribution in [0.3, 0.4) is 0 Å². The van der Waals surface area contributed by atoms with Crippen LogP contribution in [0.5, 0.6) is 0 Å². The van der Waals surface area contributed by atoms with Crippen LogP contribution in [0.4, 0.5) is 0 Å². The van der Waals surface area contributed by atoms with Gasteiger partial charge in [0, 0.05) is 7.11 Å². The largest absolute Gasteiger partial charge is 0.420 e. The van der Waals surface area contributed by atoms with E-state index in [0.717, 1.165) is 17.8 Å². The second-order valence-corrected chi connectivity index (χ2v) is 11.4. The van der Waals surface area contributed by atoms with Crippen LogP contribution in [-0.2, 0) is 4.43 Å². The third kappa shape index (κ3) is 2.85. The van der Waals surface area contributed by atoms with Crippen LogP contribution in [0.2, 0.25) is 18.1 Å². The van der Waals surface area contributed by atoms with Crippen molar-refractivity contribution in [3.63, 3.8) is 0 Å². The Bertz CT molecular complexity index is 225. The van der Waals surface area contributed by atoms with Gasteiger partial charge in [-0.1, -0.05) is 57.8 Å². The van der Waals surface area contributed by atoms with Gasteiger partial charge in [0.05, 0.1) is 0 Å². The molecule has 0 amide bonds. The Morgan fingerprint density at radius 3 is 1.22 bits per heavy atom. The van der Waals surface area contributed by atoms with Crippen LogP contribution in [0, 0.1) is 17.8 Å². The highest BCUT2D eigenvalue weighted by atomic mass is 28.4. The summed E-state index contributed by atoms with van der Waals surface area (Å²) in [5, 5.41) is 0. The minimum absolute atomic E-state index is 1.05. The molecule has 3 aliphatic rings. The first-order valence-electron chi connectivity index (χ1n) is 8.35. The molecule has 0 heterocycles. The smallest absolute Gasteiger partial charge is 0.193 e. The minimum atomic E-state index is -1.37. The van der Waals surface area contributed by atoms with Crippen molar-refractivity contribution in [2.24, 2.45) is 17.8 Å². The van der Waals surface area contributed by atoms with Gasteiger partial charge in [0.1, 0.15) is 0 Å². The maximum atomic E-state index is 6.30. The van der Waals surface area contributed by atoms with Crippen LogP contribution in [0.15, 0.2) is 0 Å². The summed E-state index contributed by atoms with van der Waals surface area (Å²) in [5.74, 6) is 3.16. The molecular formula is C16H30OSi. The molecule has 3 saturated carbocycles.